The van der Waals surface area contributed by atoms with Crippen LogP contribution in [0, 0.1) is 6.92 Å². The number of thioether (sulfide) groups is 1. The molecule has 0 aliphatic carbocycles. The molecule has 0 bridgehead atoms. The first-order valence-electron chi connectivity index (χ1n) is 4.20. The predicted molar refractivity (Wildman–Crippen MR) is 55.5 cm³/mol. The zero-order valence-corrected chi connectivity index (χ0v) is 8.45. The molecule has 66 valence electrons. The van der Waals surface area contributed by atoms with Gasteiger partial charge in [-0.3, -0.25) is 0 Å². The van der Waals surface area contributed by atoms with Gasteiger partial charge >= 0.3 is 0 Å². The lowest BCUT2D eigenvalue weighted by Crippen LogP contribution is -1.98. The molecule has 0 aliphatic rings. The fourth-order valence-electron chi connectivity index (χ4n) is 1.12. The van der Waals surface area contributed by atoms with Crippen LogP contribution in [0.25, 0.3) is 0 Å². The molecule has 2 N–H and O–H groups in total. The third kappa shape index (κ3) is 2.26. The first kappa shape index (κ1) is 9.62. The van der Waals surface area contributed by atoms with E-state index >= 15 is 0 Å². The van der Waals surface area contributed by atoms with Gasteiger partial charge in [0.2, 0.25) is 0 Å². The van der Waals surface area contributed by atoms with Crippen LogP contribution in [0.3, 0.4) is 0 Å². The second-order valence-electron chi connectivity index (χ2n) is 2.75. The average Bonchev–Trinajstić information content (AvgIpc) is 2.05. The Hall–Kier alpha value is -0.470. The number of aryl methyl sites for hydroxylation is 1. The van der Waals surface area contributed by atoms with E-state index in [-0.39, 0.29) is 0 Å². The molecule has 0 aromatic heterocycles. The van der Waals surface area contributed by atoms with E-state index in [4.69, 9.17) is 5.73 Å². The van der Waals surface area contributed by atoms with Gasteiger partial charge in [0.25, 0.3) is 0 Å². The van der Waals surface area contributed by atoms with E-state index in [0.29, 0.717) is 6.54 Å². The highest BCUT2D eigenvalue weighted by Gasteiger charge is 1.99. The molecular weight excluding hydrogens is 166 g/mol. The van der Waals surface area contributed by atoms with Crippen molar-refractivity contribution < 1.29 is 0 Å². The van der Waals surface area contributed by atoms with Crippen LogP contribution in [-0.2, 0) is 6.54 Å². The van der Waals surface area contributed by atoms with Crippen LogP contribution in [0.2, 0.25) is 0 Å². The fraction of sp³-hybridized carbons (Fsp3) is 0.400. The number of benzene rings is 1. The van der Waals surface area contributed by atoms with Crippen molar-refractivity contribution in [1.29, 1.82) is 0 Å². The summed E-state index contributed by atoms with van der Waals surface area (Å²) in [6.07, 6.45) is 0. The van der Waals surface area contributed by atoms with Crippen molar-refractivity contribution in [2.75, 3.05) is 5.75 Å². The summed E-state index contributed by atoms with van der Waals surface area (Å²) >= 11 is 1.86. The van der Waals surface area contributed by atoms with Crippen LogP contribution >= 0.6 is 11.8 Å². The van der Waals surface area contributed by atoms with Crippen molar-refractivity contribution in [2.24, 2.45) is 5.73 Å². The number of hydrogen-bond acceptors (Lipinski definition) is 2. The quantitative estimate of drug-likeness (QED) is 0.725. The smallest absolute Gasteiger partial charge is 0.0189 e. The van der Waals surface area contributed by atoms with Gasteiger partial charge in [0.1, 0.15) is 0 Å². The molecule has 1 rings (SSSR count). The second kappa shape index (κ2) is 4.53. The van der Waals surface area contributed by atoms with Crippen molar-refractivity contribution in [3.8, 4) is 0 Å². The van der Waals surface area contributed by atoms with Gasteiger partial charge in [-0.2, -0.15) is 0 Å². The van der Waals surface area contributed by atoms with E-state index in [1.54, 1.807) is 0 Å². The minimum Gasteiger partial charge on any atom is -0.326 e. The molecule has 0 heterocycles. The molecule has 0 spiro atoms. The van der Waals surface area contributed by atoms with Crippen LogP contribution in [0.15, 0.2) is 23.1 Å². The Morgan fingerprint density at radius 2 is 2.17 bits per heavy atom. The van der Waals surface area contributed by atoms with Gasteiger partial charge < -0.3 is 5.73 Å². The van der Waals surface area contributed by atoms with Gasteiger partial charge in [-0.25, -0.2) is 0 Å². The van der Waals surface area contributed by atoms with Crippen LogP contribution < -0.4 is 5.73 Å². The van der Waals surface area contributed by atoms with Gasteiger partial charge in [-0.05, 0) is 29.9 Å². The molecule has 0 fully saturated rings. The molecule has 0 atom stereocenters. The Morgan fingerprint density at radius 3 is 2.75 bits per heavy atom. The fourth-order valence-corrected chi connectivity index (χ4v) is 2.04. The number of hydrogen-bond donors (Lipinski definition) is 1. The molecular formula is C10H15NS. The van der Waals surface area contributed by atoms with Crippen molar-refractivity contribution in [2.45, 2.75) is 25.3 Å². The van der Waals surface area contributed by atoms with E-state index in [0.717, 1.165) is 5.75 Å². The van der Waals surface area contributed by atoms with E-state index in [1.165, 1.54) is 16.0 Å². The van der Waals surface area contributed by atoms with Gasteiger partial charge in [0.15, 0.2) is 0 Å². The molecule has 1 aromatic carbocycles. The van der Waals surface area contributed by atoms with Crippen LogP contribution in [-0.4, -0.2) is 5.75 Å². The summed E-state index contributed by atoms with van der Waals surface area (Å²) in [6.45, 7) is 4.91. The summed E-state index contributed by atoms with van der Waals surface area (Å²) in [5.74, 6) is 1.11. The normalized spacial score (nSPS) is 10.2. The van der Waals surface area contributed by atoms with E-state index in [2.05, 4.69) is 32.0 Å². The topological polar surface area (TPSA) is 26.0 Å². The molecule has 1 aromatic rings. The Bertz CT molecular complexity index is 258. The molecule has 1 nitrogen and oxygen atoms in total. The van der Waals surface area contributed by atoms with Crippen molar-refractivity contribution in [3.05, 3.63) is 29.3 Å². The molecule has 0 saturated carbocycles. The third-order valence-corrected chi connectivity index (χ3v) is 2.72. The van der Waals surface area contributed by atoms with E-state index in [9.17, 15) is 0 Å². The zero-order valence-electron chi connectivity index (χ0n) is 7.63. The highest BCUT2D eigenvalue weighted by molar-refractivity contribution is 7.99. The van der Waals surface area contributed by atoms with Crippen molar-refractivity contribution in [3.63, 3.8) is 0 Å². The average molecular weight is 181 g/mol. The Morgan fingerprint density at radius 1 is 1.42 bits per heavy atom. The molecule has 0 amide bonds. The standard InChI is InChI=1S/C10H15NS/c1-3-12-10-6-8(2)4-5-9(10)7-11/h4-6H,3,7,11H2,1-2H3. The zero-order chi connectivity index (χ0) is 8.97. The monoisotopic (exact) mass is 181 g/mol. The summed E-state index contributed by atoms with van der Waals surface area (Å²) in [6, 6.07) is 6.44. The first-order chi connectivity index (χ1) is 5.77. The summed E-state index contributed by atoms with van der Waals surface area (Å²) in [5.41, 5.74) is 8.18. The van der Waals surface area contributed by atoms with Crippen molar-refractivity contribution in [1.82, 2.24) is 0 Å². The van der Waals surface area contributed by atoms with Gasteiger partial charge in [0, 0.05) is 11.4 Å². The number of rotatable bonds is 3. The van der Waals surface area contributed by atoms with Crippen LogP contribution in [0.4, 0.5) is 0 Å². The third-order valence-electron chi connectivity index (χ3n) is 1.74. The van der Waals surface area contributed by atoms with Crippen LogP contribution in [0.1, 0.15) is 18.1 Å². The molecule has 0 aliphatic heterocycles. The SMILES string of the molecule is CCSc1cc(C)ccc1CN. The molecule has 12 heavy (non-hydrogen) atoms. The minimum atomic E-state index is 0.641. The first-order valence-corrected chi connectivity index (χ1v) is 5.19. The molecule has 0 radical (unpaired) electrons. The van der Waals surface area contributed by atoms with Crippen LogP contribution in [0.5, 0.6) is 0 Å². The molecule has 2 heteroatoms. The minimum absolute atomic E-state index is 0.641. The predicted octanol–water partition coefficient (Wildman–Crippen LogP) is 2.57. The van der Waals surface area contributed by atoms with Gasteiger partial charge in [-0.1, -0.05) is 19.1 Å². The lowest BCUT2D eigenvalue weighted by atomic mass is 10.1. The Labute approximate surface area is 78.4 Å². The van der Waals surface area contributed by atoms with E-state index in [1.807, 2.05) is 11.8 Å². The number of nitrogens with two attached hydrogens (primary N) is 1. The van der Waals surface area contributed by atoms with Gasteiger partial charge in [0.05, 0.1) is 0 Å². The highest BCUT2D eigenvalue weighted by atomic mass is 32.2. The summed E-state index contributed by atoms with van der Waals surface area (Å²) in [7, 11) is 0. The highest BCUT2D eigenvalue weighted by Crippen LogP contribution is 2.23. The summed E-state index contributed by atoms with van der Waals surface area (Å²) in [5, 5.41) is 0. The maximum atomic E-state index is 5.62. The summed E-state index contributed by atoms with van der Waals surface area (Å²) < 4.78 is 0. The molecule has 0 unspecified atom stereocenters. The Balaban J connectivity index is 2.95. The van der Waals surface area contributed by atoms with Gasteiger partial charge in [-0.15, -0.1) is 11.8 Å². The maximum Gasteiger partial charge on any atom is 0.0189 e. The van der Waals surface area contributed by atoms with Crippen molar-refractivity contribution >= 4 is 11.8 Å². The maximum absolute atomic E-state index is 5.62. The van der Waals surface area contributed by atoms with E-state index < -0.39 is 0 Å². The lowest BCUT2D eigenvalue weighted by molar-refractivity contribution is 1.02. The Kier molecular flexibility index (Phi) is 3.63. The second-order valence-corrected chi connectivity index (χ2v) is 4.05. The largest absolute Gasteiger partial charge is 0.326 e. The molecule has 0 saturated heterocycles. The lowest BCUT2D eigenvalue weighted by Gasteiger charge is -2.06. The summed E-state index contributed by atoms with van der Waals surface area (Å²) in [4.78, 5) is 1.33.